The SMILES string of the molecule is [C-]#[N+]CCOP(O[C@H]1[C@@H](OCC(=O)NC)[C@H](n2cc(C)c(=O)[nH]c2=O)O[C@@H]1CCP(C)(C)=O)N(C(C)C)C(C)C. The summed E-state index contributed by atoms with van der Waals surface area (Å²) in [6.45, 7) is 20.1. The molecule has 1 saturated heterocycles. The number of rotatable bonds is 15. The van der Waals surface area contributed by atoms with Crippen molar-refractivity contribution in [2.75, 3.05) is 46.3 Å². The molecule has 0 radical (unpaired) electrons. The van der Waals surface area contributed by atoms with Crippen LogP contribution < -0.4 is 16.6 Å². The smallest absolute Gasteiger partial charge is 0.330 e. The van der Waals surface area contributed by atoms with Gasteiger partial charge >= 0.3 is 5.69 Å². The summed E-state index contributed by atoms with van der Waals surface area (Å²) in [4.78, 5) is 42.8. The summed E-state index contributed by atoms with van der Waals surface area (Å²) in [5.74, 6) is -0.390. The van der Waals surface area contributed by atoms with Gasteiger partial charge in [0, 0.05) is 37.1 Å². The second-order valence-electron chi connectivity index (χ2n) is 10.7. The van der Waals surface area contributed by atoms with E-state index in [1.165, 1.54) is 17.8 Å². The van der Waals surface area contributed by atoms with Crippen LogP contribution in [0.15, 0.2) is 15.8 Å². The number of nitrogens with zero attached hydrogens (tertiary/aromatic N) is 3. The number of aromatic amines is 1. The van der Waals surface area contributed by atoms with Crippen LogP contribution in [-0.4, -0.2) is 96.8 Å². The minimum Gasteiger partial charge on any atom is -0.361 e. The van der Waals surface area contributed by atoms with Gasteiger partial charge in [0.1, 0.15) is 25.4 Å². The monoisotopic (exact) mass is 603 g/mol. The first kappa shape index (κ1) is 34.3. The molecule has 0 aliphatic carbocycles. The van der Waals surface area contributed by atoms with Gasteiger partial charge in [0.05, 0.1) is 13.2 Å². The maximum Gasteiger partial charge on any atom is 0.330 e. The Morgan fingerprint density at radius 1 is 1.27 bits per heavy atom. The number of hydrogen-bond acceptors (Lipinski definition) is 9. The number of carbonyl (C=O) groups is 1. The lowest BCUT2D eigenvalue weighted by atomic mass is 10.1. The van der Waals surface area contributed by atoms with Crippen LogP contribution in [0.4, 0.5) is 0 Å². The molecule has 2 rings (SSSR count). The number of amides is 1. The number of nitrogens with one attached hydrogen (secondary N) is 2. The highest BCUT2D eigenvalue weighted by Crippen LogP contribution is 2.51. The van der Waals surface area contributed by atoms with Gasteiger partial charge in [0.15, 0.2) is 6.23 Å². The first-order chi connectivity index (χ1) is 18.7. The van der Waals surface area contributed by atoms with E-state index in [2.05, 4.69) is 19.8 Å². The number of aryl methyl sites for hydroxylation is 1. The third kappa shape index (κ3) is 9.59. The maximum absolute atomic E-state index is 12.9. The summed E-state index contributed by atoms with van der Waals surface area (Å²) in [7, 11) is -2.71. The molecule has 1 amide bonds. The van der Waals surface area contributed by atoms with Gasteiger partial charge in [0.2, 0.25) is 12.5 Å². The summed E-state index contributed by atoms with van der Waals surface area (Å²) < 4.78 is 41.1. The summed E-state index contributed by atoms with van der Waals surface area (Å²) >= 11 is 0. The van der Waals surface area contributed by atoms with Crippen molar-refractivity contribution in [3.8, 4) is 0 Å². The van der Waals surface area contributed by atoms with Crippen molar-refractivity contribution in [3.63, 3.8) is 0 Å². The standard InChI is InChI=1S/C25H43N5O8P2/c1-16(2)30(17(3)4)39(36-12-11-26-6)38-21-19(10-13-40(8,9)34)37-24(22(21)35-15-20(31)27-7)29-14-18(5)23(32)28-25(29)33/h14,16-17,19,21-22,24H,10-13,15H2,1-5,7-9H3,(H,27,31)(H,28,32,33)/t19-,21-,22-,24-,39?/m1/s1. The predicted molar refractivity (Wildman–Crippen MR) is 154 cm³/mol. The average molecular weight is 604 g/mol. The molecule has 13 nitrogen and oxygen atoms in total. The third-order valence-electron chi connectivity index (χ3n) is 6.21. The van der Waals surface area contributed by atoms with E-state index < -0.39 is 51.5 Å². The minimum absolute atomic E-state index is 0.0248. The lowest BCUT2D eigenvalue weighted by molar-refractivity contribution is -0.132. The van der Waals surface area contributed by atoms with Gasteiger partial charge in [-0.05, 0) is 54.4 Å². The van der Waals surface area contributed by atoms with Gasteiger partial charge in [-0.2, -0.15) is 0 Å². The molecular weight excluding hydrogens is 560 g/mol. The van der Waals surface area contributed by atoms with Crippen molar-refractivity contribution in [1.29, 1.82) is 0 Å². The largest absolute Gasteiger partial charge is 0.361 e. The van der Waals surface area contributed by atoms with Gasteiger partial charge in [-0.3, -0.25) is 19.1 Å². The van der Waals surface area contributed by atoms with Gasteiger partial charge < -0.3 is 33.2 Å². The predicted octanol–water partition coefficient (Wildman–Crippen LogP) is 2.55. The van der Waals surface area contributed by atoms with E-state index >= 15 is 0 Å². The Bertz CT molecular complexity index is 1180. The molecule has 0 aromatic carbocycles. The van der Waals surface area contributed by atoms with Crippen molar-refractivity contribution < 1.29 is 27.9 Å². The van der Waals surface area contributed by atoms with E-state index in [0.29, 0.717) is 12.6 Å². The molecule has 1 aliphatic rings. The van der Waals surface area contributed by atoms with Crippen LogP contribution >= 0.6 is 15.7 Å². The van der Waals surface area contributed by atoms with Crippen molar-refractivity contribution in [2.45, 2.75) is 77.7 Å². The fourth-order valence-corrected chi connectivity index (χ4v) is 6.96. The lowest BCUT2D eigenvalue weighted by Crippen LogP contribution is -2.43. The second kappa shape index (κ2) is 15.4. The zero-order valence-electron chi connectivity index (χ0n) is 24.6. The van der Waals surface area contributed by atoms with Crippen LogP contribution in [0.5, 0.6) is 0 Å². The van der Waals surface area contributed by atoms with Gasteiger partial charge in [-0.25, -0.2) is 16.0 Å². The second-order valence-corrected chi connectivity index (χ2v) is 15.7. The highest BCUT2D eigenvalue weighted by Gasteiger charge is 2.50. The van der Waals surface area contributed by atoms with E-state index in [-0.39, 0.29) is 43.3 Å². The normalized spacial score (nSPS) is 22.1. The van der Waals surface area contributed by atoms with E-state index in [4.69, 9.17) is 25.1 Å². The van der Waals surface area contributed by atoms with Crippen LogP contribution in [0, 0.1) is 13.5 Å². The van der Waals surface area contributed by atoms with Crippen molar-refractivity contribution in [3.05, 3.63) is 44.0 Å². The third-order valence-corrected chi connectivity index (χ3v) is 9.67. The molecule has 40 heavy (non-hydrogen) atoms. The molecular formula is C25H43N5O8P2. The molecule has 0 spiro atoms. The Labute approximate surface area is 237 Å². The number of likely N-dealkylation sites (N-methyl/N-ethyl adjacent to an activating group) is 1. The number of H-pyrrole nitrogens is 1. The number of hydrogen-bond donors (Lipinski definition) is 2. The van der Waals surface area contributed by atoms with Crippen molar-refractivity contribution >= 4 is 21.6 Å². The Hall–Kier alpha value is -1.90. The lowest BCUT2D eigenvalue weighted by Gasteiger charge is -2.38. The molecule has 0 bridgehead atoms. The maximum atomic E-state index is 12.9. The molecule has 2 heterocycles. The fourth-order valence-electron chi connectivity index (χ4n) is 4.32. The number of carbonyl (C=O) groups excluding carboxylic acids is 1. The zero-order chi connectivity index (χ0) is 30.2. The number of ether oxygens (including phenoxy) is 2. The topological polar surface area (TPSA) is 146 Å². The van der Waals surface area contributed by atoms with Crippen LogP contribution in [0.1, 0.15) is 45.9 Å². The van der Waals surface area contributed by atoms with E-state index in [9.17, 15) is 18.9 Å². The molecule has 1 aliphatic heterocycles. The first-order valence-corrected chi connectivity index (χ1v) is 17.2. The van der Waals surface area contributed by atoms with E-state index in [1.807, 2.05) is 27.7 Å². The number of aromatic nitrogens is 2. The Balaban J connectivity index is 2.61. The quantitative estimate of drug-likeness (QED) is 0.176. The highest BCUT2D eigenvalue weighted by atomic mass is 31.2. The van der Waals surface area contributed by atoms with Crippen molar-refractivity contribution in [1.82, 2.24) is 19.5 Å². The molecule has 2 N–H and O–H groups in total. The fraction of sp³-hybridized carbons (Fsp3) is 0.760. The van der Waals surface area contributed by atoms with Crippen LogP contribution in [0.3, 0.4) is 0 Å². The molecule has 1 fully saturated rings. The molecule has 226 valence electrons. The minimum atomic E-state index is -2.45. The summed E-state index contributed by atoms with van der Waals surface area (Å²) in [6, 6.07) is 0.0497. The highest BCUT2D eigenvalue weighted by molar-refractivity contribution is 7.62. The van der Waals surface area contributed by atoms with Gasteiger partial charge in [-0.15, -0.1) is 0 Å². The van der Waals surface area contributed by atoms with Crippen molar-refractivity contribution in [2.24, 2.45) is 0 Å². The molecule has 1 unspecified atom stereocenters. The molecule has 5 atom stereocenters. The van der Waals surface area contributed by atoms with E-state index in [0.717, 1.165) is 0 Å². The molecule has 1 aromatic rings. The van der Waals surface area contributed by atoms with Gasteiger partial charge in [-0.1, -0.05) is 0 Å². The Morgan fingerprint density at radius 3 is 2.48 bits per heavy atom. The first-order valence-electron chi connectivity index (χ1n) is 13.2. The summed E-state index contributed by atoms with van der Waals surface area (Å²) in [6.07, 6.45) is -1.47. The molecule has 15 heteroatoms. The Kier molecular flexibility index (Phi) is 13.2. The van der Waals surface area contributed by atoms with Gasteiger partial charge in [0.25, 0.3) is 14.1 Å². The molecule has 1 aromatic heterocycles. The van der Waals surface area contributed by atoms with Crippen LogP contribution in [-0.2, 0) is 27.9 Å². The Morgan fingerprint density at radius 2 is 1.93 bits per heavy atom. The zero-order valence-corrected chi connectivity index (χ0v) is 26.4. The average Bonchev–Trinajstić information content (AvgIpc) is 3.19. The summed E-state index contributed by atoms with van der Waals surface area (Å²) in [5.41, 5.74) is -0.936. The molecule has 0 saturated carbocycles. The van der Waals surface area contributed by atoms with Crippen LogP contribution in [0.25, 0.3) is 4.85 Å². The van der Waals surface area contributed by atoms with E-state index in [1.54, 1.807) is 20.3 Å². The summed E-state index contributed by atoms with van der Waals surface area (Å²) in [5, 5.41) is 2.51. The van der Waals surface area contributed by atoms with Crippen LogP contribution in [0.2, 0.25) is 0 Å².